The Bertz CT molecular complexity index is 432. The lowest BCUT2D eigenvalue weighted by molar-refractivity contribution is -0.148. The molecule has 0 aliphatic rings. The van der Waals surface area contributed by atoms with Crippen molar-refractivity contribution < 1.29 is 14.3 Å². The molecule has 1 rings (SSSR count). The Kier molecular flexibility index (Phi) is 5.18. The topological polar surface area (TPSA) is 64.8 Å². The first-order chi connectivity index (χ1) is 8.90. The van der Waals surface area contributed by atoms with Crippen LogP contribution in [0.15, 0.2) is 24.3 Å². The van der Waals surface area contributed by atoms with Gasteiger partial charge in [0.25, 0.3) is 0 Å². The second-order valence-electron chi connectivity index (χ2n) is 4.70. The largest absolute Gasteiger partial charge is 0.497 e. The fraction of sp³-hybridized carbons (Fsp3) is 0.500. The molecule has 1 unspecified atom stereocenters. The van der Waals surface area contributed by atoms with Gasteiger partial charge in [0, 0.05) is 25.3 Å². The molecule has 19 heavy (non-hydrogen) atoms. The van der Waals surface area contributed by atoms with E-state index in [2.05, 4.69) is 0 Å². The van der Waals surface area contributed by atoms with E-state index >= 15 is 0 Å². The van der Waals surface area contributed by atoms with Gasteiger partial charge in [-0.25, -0.2) is 4.79 Å². The van der Waals surface area contributed by atoms with Gasteiger partial charge in [-0.05, 0) is 26.0 Å². The van der Waals surface area contributed by atoms with Crippen molar-refractivity contribution >= 4 is 11.7 Å². The average molecular weight is 266 g/mol. The van der Waals surface area contributed by atoms with Crippen LogP contribution in [-0.4, -0.2) is 38.8 Å². The van der Waals surface area contributed by atoms with Crippen molar-refractivity contribution in [3.63, 3.8) is 0 Å². The van der Waals surface area contributed by atoms with Gasteiger partial charge in [-0.15, -0.1) is 0 Å². The summed E-state index contributed by atoms with van der Waals surface area (Å²) in [5.74, 6) is 0.365. The van der Waals surface area contributed by atoms with Gasteiger partial charge < -0.3 is 20.1 Å². The van der Waals surface area contributed by atoms with E-state index in [1.807, 2.05) is 36.2 Å². The van der Waals surface area contributed by atoms with Gasteiger partial charge in [0.05, 0.1) is 13.7 Å². The van der Waals surface area contributed by atoms with Crippen LogP contribution in [0, 0.1) is 0 Å². The number of likely N-dealkylation sites (N-methyl/N-ethyl adjacent to an activating group) is 1. The molecule has 1 aromatic rings. The molecule has 5 nitrogen and oxygen atoms in total. The molecular formula is C14H22N2O3. The molecule has 1 atom stereocenters. The minimum atomic E-state index is -1.05. The fourth-order valence-electron chi connectivity index (χ4n) is 1.79. The maximum atomic E-state index is 11.8. The second-order valence-corrected chi connectivity index (χ2v) is 4.70. The summed E-state index contributed by atoms with van der Waals surface area (Å²) in [5.41, 5.74) is 5.89. The normalized spacial score (nSPS) is 13.5. The number of hydrogen-bond acceptors (Lipinski definition) is 5. The van der Waals surface area contributed by atoms with Gasteiger partial charge in [0.2, 0.25) is 0 Å². The van der Waals surface area contributed by atoms with E-state index in [9.17, 15) is 4.79 Å². The zero-order valence-corrected chi connectivity index (χ0v) is 12.0. The average Bonchev–Trinajstić information content (AvgIpc) is 2.38. The summed E-state index contributed by atoms with van der Waals surface area (Å²) in [6, 6.07) is 7.58. The highest BCUT2D eigenvalue weighted by Gasteiger charge is 2.31. The monoisotopic (exact) mass is 266 g/mol. The van der Waals surface area contributed by atoms with Crippen molar-refractivity contribution in [2.75, 3.05) is 32.2 Å². The van der Waals surface area contributed by atoms with Crippen LogP contribution < -0.4 is 15.4 Å². The van der Waals surface area contributed by atoms with Gasteiger partial charge in [-0.2, -0.15) is 0 Å². The molecule has 0 aliphatic carbocycles. The van der Waals surface area contributed by atoms with E-state index in [1.54, 1.807) is 21.0 Å². The Morgan fingerprint density at radius 3 is 2.74 bits per heavy atom. The molecule has 0 saturated heterocycles. The minimum Gasteiger partial charge on any atom is -0.497 e. The molecule has 0 aromatic heterocycles. The minimum absolute atomic E-state index is 0.328. The number of nitrogens with zero attached hydrogens (tertiary/aromatic N) is 1. The van der Waals surface area contributed by atoms with E-state index in [4.69, 9.17) is 15.2 Å². The standard InChI is InChI=1S/C14H22N2O3/c1-5-19-13(17)14(2,15)10-16(3)11-7-6-8-12(9-11)18-4/h6-9H,5,10,15H2,1-4H3. The lowest BCUT2D eigenvalue weighted by atomic mass is 10.0. The van der Waals surface area contributed by atoms with E-state index < -0.39 is 11.5 Å². The van der Waals surface area contributed by atoms with Crippen molar-refractivity contribution in [3.8, 4) is 5.75 Å². The lowest BCUT2D eigenvalue weighted by Gasteiger charge is -2.29. The molecule has 0 bridgehead atoms. The maximum Gasteiger partial charge on any atom is 0.327 e. The highest BCUT2D eigenvalue weighted by Crippen LogP contribution is 2.21. The summed E-state index contributed by atoms with van der Waals surface area (Å²) in [6.07, 6.45) is 0. The van der Waals surface area contributed by atoms with Crippen LogP contribution in [-0.2, 0) is 9.53 Å². The van der Waals surface area contributed by atoms with Crippen molar-refractivity contribution in [3.05, 3.63) is 24.3 Å². The molecule has 0 aliphatic heterocycles. The number of esters is 1. The SMILES string of the molecule is CCOC(=O)C(C)(N)CN(C)c1cccc(OC)c1. The number of hydrogen-bond donors (Lipinski definition) is 1. The zero-order chi connectivity index (χ0) is 14.5. The van der Waals surface area contributed by atoms with Crippen molar-refractivity contribution in [1.29, 1.82) is 0 Å². The van der Waals surface area contributed by atoms with Gasteiger partial charge >= 0.3 is 5.97 Å². The van der Waals surface area contributed by atoms with Crippen LogP contribution in [0.2, 0.25) is 0 Å². The van der Waals surface area contributed by atoms with Crippen molar-refractivity contribution in [2.24, 2.45) is 5.73 Å². The molecular weight excluding hydrogens is 244 g/mol. The first-order valence-corrected chi connectivity index (χ1v) is 6.22. The predicted octanol–water partition coefficient (Wildman–Crippen LogP) is 1.41. The zero-order valence-electron chi connectivity index (χ0n) is 12.0. The first-order valence-electron chi connectivity index (χ1n) is 6.22. The van der Waals surface area contributed by atoms with Gasteiger partial charge in [0.1, 0.15) is 11.3 Å². The van der Waals surface area contributed by atoms with Crippen LogP contribution >= 0.6 is 0 Å². The second kappa shape index (κ2) is 6.43. The molecule has 0 spiro atoms. The van der Waals surface area contributed by atoms with Crippen LogP contribution in [0.1, 0.15) is 13.8 Å². The molecule has 1 aromatic carbocycles. The predicted molar refractivity (Wildman–Crippen MR) is 75.5 cm³/mol. The Hall–Kier alpha value is -1.75. The third-order valence-electron chi connectivity index (χ3n) is 2.80. The van der Waals surface area contributed by atoms with E-state index in [0.717, 1.165) is 11.4 Å². The van der Waals surface area contributed by atoms with Crippen LogP contribution in [0.25, 0.3) is 0 Å². The molecule has 0 saturated carbocycles. The summed E-state index contributed by atoms with van der Waals surface area (Å²) in [4.78, 5) is 13.7. The molecule has 5 heteroatoms. The molecule has 0 radical (unpaired) electrons. The molecule has 106 valence electrons. The Labute approximate surface area is 114 Å². The lowest BCUT2D eigenvalue weighted by Crippen LogP contribution is -2.54. The maximum absolute atomic E-state index is 11.8. The van der Waals surface area contributed by atoms with Crippen LogP contribution in [0.4, 0.5) is 5.69 Å². The van der Waals surface area contributed by atoms with E-state index in [1.165, 1.54) is 0 Å². The fourth-order valence-corrected chi connectivity index (χ4v) is 1.79. The van der Waals surface area contributed by atoms with Gasteiger partial charge in [0.15, 0.2) is 0 Å². The first kappa shape index (κ1) is 15.3. The Morgan fingerprint density at radius 1 is 1.47 bits per heavy atom. The Balaban J connectivity index is 2.77. The summed E-state index contributed by atoms with van der Waals surface area (Å²) < 4.78 is 10.1. The summed E-state index contributed by atoms with van der Waals surface area (Å²) in [5, 5.41) is 0. The summed E-state index contributed by atoms with van der Waals surface area (Å²) >= 11 is 0. The molecule has 0 heterocycles. The van der Waals surface area contributed by atoms with Gasteiger partial charge in [-0.1, -0.05) is 6.07 Å². The van der Waals surface area contributed by atoms with Crippen molar-refractivity contribution in [1.82, 2.24) is 0 Å². The van der Waals surface area contributed by atoms with E-state index in [-0.39, 0.29) is 0 Å². The third kappa shape index (κ3) is 4.13. The highest BCUT2D eigenvalue weighted by molar-refractivity contribution is 5.81. The summed E-state index contributed by atoms with van der Waals surface area (Å²) in [6.45, 7) is 4.12. The van der Waals surface area contributed by atoms with Gasteiger partial charge in [-0.3, -0.25) is 0 Å². The summed E-state index contributed by atoms with van der Waals surface area (Å²) in [7, 11) is 3.49. The number of rotatable bonds is 6. The third-order valence-corrected chi connectivity index (χ3v) is 2.80. The van der Waals surface area contributed by atoms with Crippen LogP contribution in [0.3, 0.4) is 0 Å². The number of nitrogens with two attached hydrogens (primary N) is 1. The quantitative estimate of drug-likeness (QED) is 0.789. The number of anilines is 1. The number of methoxy groups -OCH3 is 1. The Morgan fingerprint density at radius 2 is 2.16 bits per heavy atom. The molecule has 2 N–H and O–H groups in total. The molecule has 0 amide bonds. The number of carbonyl (C=O) groups is 1. The smallest absolute Gasteiger partial charge is 0.327 e. The number of benzene rings is 1. The molecule has 0 fully saturated rings. The highest BCUT2D eigenvalue weighted by atomic mass is 16.5. The number of carbonyl (C=O) groups excluding carboxylic acids is 1. The van der Waals surface area contributed by atoms with Crippen molar-refractivity contribution in [2.45, 2.75) is 19.4 Å². The number of ether oxygens (including phenoxy) is 2. The van der Waals surface area contributed by atoms with Crippen LogP contribution in [0.5, 0.6) is 5.75 Å². The van der Waals surface area contributed by atoms with E-state index in [0.29, 0.717) is 13.2 Å².